The van der Waals surface area contributed by atoms with Crippen LogP contribution in [0.5, 0.6) is 0 Å². The maximum Gasteiger partial charge on any atom is 0.141 e. The van der Waals surface area contributed by atoms with Gasteiger partial charge in [0.15, 0.2) is 0 Å². The molecule has 4 heteroatoms. The third kappa shape index (κ3) is 3.29. The Morgan fingerprint density at radius 1 is 0.964 bits per heavy atom. The lowest BCUT2D eigenvalue weighted by molar-refractivity contribution is 0.720. The lowest BCUT2D eigenvalue weighted by Gasteiger charge is -2.30. The number of hydrogen-bond donors (Lipinski definition) is 0. The summed E-state index contributed by atoms with van der Waals surface area (Å²) in [5.41, 5.74) is 4.13. The maximum absolute atomic E-state index is 5.06. The monoisotopic (exact) mass is 385 g/mol. The summed E-state index contributed by atoms with van der Waals surface area (Å²) in [4.78, 5) is 14.9. The first-order valence-corrected chi connectivity index (χ1v) is 10.8. The number of nitrogens with zero attached hydrogens (tertiary/aromatic N) is 3. The summed E-state index contributed by atoms with van der Waals surface area (Å²) in [5, 5.41) is 1.21. The standard InChI is InChI=1S/C24H23N3S/c1-2-20-15-21-23(27-13-12-18-10-6-7-11-19(18)16-27)25-22(26-24(21)28-20)14-17-8-4-3-5-9-17/h3-11,15H,2,12-14,16H2,1H3. The first-order valence-electron chi connectivity index (χ1n) is 9.95. The molecule has 0 fully saturated rings. The minimum atomic E-state index is 0.771. The Bertz CT molecular complexity index is 1120. The molecule has 0 amide bonds. The molecule has 5 rings (SSSR count). The lowest BCUT2D eigenvalue weighted by atomic mass is 10.00. The van der Waals surface area contributed by atoms with Crippen LogP contribution in [0.15, 0.2) is 60.7 Å². The van der Waals surface area contributed by atoms with Gasteiger partial charge in [-0.3, -0.25) is 0 Å². The van der Waals surface area contributed by atoms with Crippen molar-refractivity contribution in [2.24, 2.45) is 0 Å². The number of hydrogen-bond acceptors (Lipinski definition) is 4. The zero-order valence-electron chi connectivity index (χ0n) is 16.1. The first-order chi connectivity index (χ1) is 13.8. The van der Waals surface area contributed by atoms with E-state index in [1.807, 2.05) is 11.3 Å². The smallest absolute Gasteiger partial charge is 0.141 e. The highest BCUT2D eigenvalue weighted by molar-refractivity contribution is 7.18. The Morgan fingerprint density at radius 2 is 1.75 bits per heavy atom. The molecule has 3 nitrogen and oxygen atoms in total. The van der Waals surface area contributed by atoms with Gasteiger partial charge in [-0.15, -0.1) is 11.3 Å². The molecule has 140 valence electrons. The number of aryl methyl sites for hydroxylation is 1. The summed E-state index contributed by atoms with van der Waals surface area (Å²) in [7, 11) is 0. The molecule has 2 aromatic heterocycles. The molecule has 0 bridgehead atoms. The maximum atomic E-state index is 5.06. The topological polar surface area (TPSA) is 29.0 Å². The Morgan fingerprint density at radius 3 is 2.57 bits per heavy atom. The second-order valence-electron chi connectivity index (χ2n) is 7.35. The summed E-state index contributed by atoms with van der Waals surface area (Å²) >= 11 is 1.81. The van der Waals surface area contributed by atoms with Crippen LogP contribution in [0.3, 0.4) is 0 Å². The van der Waals surface area contributed by atoms with Crippen molar-refractivity contribution in [3.63, 3.8) is 0 Å². The van der Waals surface area contributed by atoms with Crippen LogP contribution in [-0.2, 0) is 25.8 Å². The minimum Gasteiger partial charge on any atom is -0.351 e. The molecule has 0 radical (unpaired) electrons. The van der Waals surface area contributed by atoms with Crippen molar-refractivity contribution in [3.8, 4) is 0 Å². The number of anilines is 1. The summed E-state index contributed by atoms with van der Waals surface area (Å²) in [6.07, 6.45) is 2.88. The molecule has 0 saturated heterocycles. The van der Waals surface area contributed by atoms with E-state index < -0.39 is 0 Å². The Hall–Kier alpha value is -2.72. The van der Waals surface area contributed by atoms with Crippen molar-refractivity contribution in [1.29, 1.82) is 0 Å². The number of benzene rings is 2. The second-order valence-corrected chi connectivity index (χ2v) is 8.47. The van der Waals surface area contributed by atoms with Gasteiger partial charge in [-0.25, -0.2) is 9.97 Å². The second kappa shape index (κ2) is 7.36. The van der Waals surface area contributed by atoms with E-state index in [-0.39, 0.29) is 0 Å². The number of fused-ring (bicyclic) bond motifs is 2. The highest BCUT2D eigenvalue weighted by Gasteiger charge is 2.21. The van der Waals surface area contributed by atoms with E-state index >= 15 is 0 Å². The highest BCUT2D eigenvalue weighted by Crippen LogP contribution is 2.34. The SMILES string of the molecule is CCc1cc2c(N3CCc4ccccc4C3)nc(Cc3ccccc3)nc2s1. The fourth-order valence-corrected chi connectivity index (χ4v) is 4.93. The third-order valence-electron chi connectivity index (χ3n) is 5.45. The Labute approximate surface area is 169 Å². The number of rotatable bonds is 4. The average molecular weight is 386 g/mol. The molecule has 0 N–H and O–H groups in total. The molecule has 0 unspecified atom stereocenters. The summed E-state index contributed by atoms with van der Waals surface area (Å²) in [5.74, 6) is 2.01. The van der Waals surface area contributed by atoms with Crippen LogP contribution in [0.25, 0.3) is 10.2 Å². The van der Waals surface area contributed by atoms with Gasteiger partial charge >= 0.3 is 0 Å². The molecule has 4 aromatic rings. The van der Waals surface area contributed by atoms with Gasteiger partial charge in [0.25, 0.3) is 0 Å². The van der Waals surface area contributed by atoms with Gasteiger partial charge in [-0.1, -0.05) is 61.5 Å². The van der Waals surface area contributed by atoms with E-state index in [4.69, 9.17) is 9.97 Å². The van der Waals surface area contributed by atoms with E-state index in [9.17, 15) is 0 Å². The molecule has 1 aliphatic rings. The molecule has 28 heavy (non-hydrogen) atoms. The van der Waals surface area contributed by atoms with Gasteiger partial charge in [-0.05, 0) is 35.6 Å². The van der Waals surface area contributed by atoms with Crippen molar-refractivity contribution < 1.29 is 0 Å². The van der Waals surface area contributed by atoms with Crippen LogP contribution in [0.2, 0.25) is 0 Å². The molecule has 0 saturated carbocycles. The first kappa shape index (κ1) is 17.4. The summed E-state index contributed by atoms with van der Waals surface area (Å²) in [6.45, 7) is 4.13. The van der Waals surface area contributed by atoms with Crippen molar-refractivity contribution >= 4 is 27.4 Å². The summed E-state index contributed by atoms with van der Waals surface area (Å²) < 4.78 is 0. The van der Waals surface area contributed by atoms with E-state index in [0.29, 0.717) is 0 Å². The minimum absolute atomic E-state index is 0.771. The number of thiophene rings is 1. The van der Waals surface area contributed by atoms with E-state index in [1.54, 1.807) is 0 Å². The van der Waals surface area contributed by atoms with E-state index in [2.05, 4.69) is 72.5 Å². The van der Waals surface area contributed by atoms with E-state index in [0.717, 1.165) is 48.8 Å². The van der Waals surface area contributed by atoms with Crippen LogP contribution in [0, 0.1) is 0 Å². The van der Waals surface area contributed by atoms with Crippen LogP contribution >= 0.6 is 11.3 Å². The lowest BCUT2D eigenvalue weighted by Crippen LogP contribution is -2.31. The van der Waals surface area contributed by atoms with Crippen LogP contribution in [0.1, 0.15) is 34.3 Å². The highest BCUT2D eigenvalue weighted by atomic mass is 32.1. The largest absolute Gasteiger partial charge is 0.351 e. The van der Waals surface area contributed by atoms with Crippen molar-refractivity contribution in [2.45, 2.75) is 32.7 Å². The van der Waals surface area contributed by atoms with Gasteiger partial charge in [-0.2, -0.15) is 0 Å². The van der Waals surface area contributed by atoms with Crippen molar-refractivity contribution in [2.75, 3.05) is 11.4 Å². The van der Waals surface area contributed by atoms with Crippen molar-refractivity contribution in [3.05, 3.63) is 88.1 Å². The molecular formula is C24H23N3S. The molecule has 0 aliphatic carbocycles. The molecule has 0 spiro atoms. The number of aromatic nitrogens is 2. The van der Waals surface area contributed by atoms with Crippen LogP contribution < -0.4 is 4.90 Å². The Kier molecular flexibility index (Phi) is 4.57. The summed E-state index contributed by atoms with van der Waals surface area (Å²) in [6, 6.07) is 21.6. The Balaban J connectivity index is 1.57. The average Bonchev–Trinajstić information content (AvgIpc) is 3.17. The van der Waals surface area contributed by atoms with Gasteiger partial charge < -0.3 is 4.90 Å². The predicted molar refractivity (Wildman–Crippen MR) is 117 cm³/mol. The molecular weight excluding hydrogens is 362 g/mol. The van der Waals surface area contributed by atoms with Crippen LogP contribution in [0.4, 0.5) is 5.82 Å². The predicted octanol–water partition coefficient (Wildman–Crippen LogP) is 5.41. The van der Waals surface area contributed by atoms with E-state index in [1.165, 1.54) is 27.0 Å². The van der Waals surface area contributed by atoms with Gasteiger partial charge in [0.1, 0.15) is 16.5 Å². The van der Waals surface area contributed by atoms with Crippen LogP contribution in [-0.4, -0.2) is 16.5 Å². The van der Waals surface area contributed by atoms with Gasteiger partial charge in [0, 0.05) is 24.4 Å². The normalized spacial score (nSPS) is 13.7. The third-order valence-corrected chi connectivity index (χ3v) is 6.63. The molecule has 2 aromatic carbocycles. The zero-order valence-corrected chi connectivity index (χ0v) is 16.9. The van der Waals surface area contributed by atoms with Gasteiger partial charge in [0.2, 0.25) is 0 Å². The molecule has 3 heterocycles. The quantitative estimate of drug-likeness (QED) is 0.470. The van der Waals surface area contributed by atoms with Crippen molar-refractivity contribution in [1.82, 2.24) is 9.97 Å². The molecule has 1 aliphatic heterocycles. The zero-order chi connectivity index (χ0) is 18.9. The fourth-order valence-electron chi connectivity index (χ4n) is 3.95. The fraction of sp³-hybridized carbons (Fsp3) is 0.250. The van der Waals surface area contributed by atoms with Gasteiger partial charge in [0.05, 0.1) is 5.39 Å². The molecule has 0 atom stereocenters.